The van der Waals surface area contributed by atoms with Gasteiger partial charge in [-0.15, -0.1) is 0 Å². The Morgan fingerprint density at radius 1 is 1.60 bits per heavy atom. The molecule has 0 saturated carbocycles. The summed E-state index contributed by atoms with van der Waals surface area (Å²) in [5.74, 6) is 0.312. The molecular formula is C9H19O. The van der Waals surface area contributed by atoms with Crippen LogP contribution >= 0.6 is 0 Å². The van der Waals surface area contributed by atoms with Gasteiger partial charge in [-0.3, -0.25) is 0 Å². The van der Waals surface area contributed by atoms with E-state index in [1.165, 1.54) is 12.8 Å². The normalized spacial score (nSPS) is 15.3. The largest absolute Gasteiger partial charge is 0.390 e. The molecule has 0 rings (SSSR count). The molecule has 0 heterocycles. The Morgan fingerprint density at radius 3 is 2.40 bits per heavy atom. The van der Waals surface area contributed by atoms with Crippen molar-refractivity contribution in [2.45, 2.75) is 45.6 Å². The number of hydrogen-bond acceptors (Lipinski definition) is 1. The quantitative estimate of drug-likeness (QED) is 0.640. The van der Waals surface area contributed by atoms with E-state index in [-0.39, 0.29) is 0 Å². The fraction of sp³-hybridized carbons (Fsp3) is 0.889. The molecule has 2 atom stereocenters. The van der Waals surface area contributed by atoms with Gasteiger partial charge in [0.15, 0.2) is 0 Å². The van der Waals surface area contributed by atoms with Crippen molar-refractivity contribution in [1.29, 1.82) is 0 Å². The summed E-state index contributed by atoms with van der Waals surface area (Å²) < 4.78 is 0. The molecule has 10 heavy (non-hydrogen) atoms. The Kier molecular flexibility index (Phi) is 3.95. The third kappa shape index (κ3) is 3.89. The van der Waals surface area contributed by atoms with Gasteiger partial charge in [0.25, 0.3) is 0 Å². The minimum absolute atomic E-state index is 0.312. The fourth-order valence-electron chi connectivity index (χ4n) is 0.821. The van der Waals surface area contributed by atoms with Crippen LogP contribution in [0.3, 0.4) is 0 Å². The number of unbranched alkanes of at least 4 members (excludes halogenated alkanes) is 1. The lowest BCUT2D eigenvalue weighted by Gasteiger charge is -2.25. The number of rotatable bonds is 4. The molecule has 0 aliphatic carbocycles. The zero-order chi connectivity index (χ0) is 8.20. The van der Waals surface area contributed by atoms with Crippen LogP contribution in [0.25, 0.3) is 0 Å². The Labute approximate surface area is 64.5 Å². The number of aliphatic hydroxyl groups is 1. The van der Waals surface area contributed by atoms with Gasteiger partial charge in [0, 0.05) is 0 Å². The molecule has 0 spiro atoms. The summed E-state index contributed by atoms with van der Waals surface area (Å²) in [7, 11) is 0. The molecule has 1 radical (unpaired) electrons. The topological polar surface area (TPSA) is 20.2 Å². The first kappa shape index (κ1) is 9.96. The van der Waals surface area contributed by atoms with Crippen LogP contribution in [0.5, 0.6) is 0 Å². The van der Waals surface area contributed by atoms with Crippen LogP contribution in [0.4, 0.5) is 0 Å². The summed E-state index contributed by atoms with van der Waals surface area (Å²) in [4.78, 5) is 0. The van der Waals surface area contributed by atoms with Crippen molar-refractivity contribution in [1.82, 2.24) is 0 Å². The van der Waals surface area contributed by atoms with E-state index in [0.717, 1.165) is 6.42 Å². The molecule has 0 fully saturated rings. The van der Waals surface area contributed by atoms with E-state index in [0.29, 0.717) is 5.92 Å². The summed E-state index contributed by atoms with van der Waals surface area (Å²) in [5, 5.41) is 9.40. The van der Waals surface area contributed by atoms with Gasteiger partial charge in [0.2, 0.25) is 0 Å². The Balaban J connectivity index is 3.52. The zero-order valence-corrected chi connectivity index (χ0v) is 7.35. The first-order valence-electron chi connectivity index (χ1n) is 4.06. The van der Waals surface area contributed by atoms with E-state index in [1.54, 1.807) is 6.92 Å². The van der Waals surface area contributed by atoms with Gasteiger partial charge in [0.05, 0.1) is 5.60 Å². The molecule has 1 N–H and O–H groups in total. The third-order valence-corrected chi connectivity index (χ3v) is 2.05. The Morgan fingerprint density at radius 2 is 2.10 bits per heavy atom. The van der Waals surface area contributed by atoms with Crippen molar-refractivity contribution in [2.75, 3.05) is 0 Å². The highest BCUT2D eigenvalue weighted by Gasteiger charge is 2.21. The van der Waals surface area contributed by atoms with Crippen LogP contribution in [0.1, 0.15) is 40.0 Å². The first-order valence-corrected chi connectivity index (χ1v) is 4.06. The average molecular weight is 143 g/mol. The van der Waals surface area contributed by atoms with E-state index in [9.17, 15) is 5.11 Å². The van der Waals surface area contributed by atoms with Crippen molar-refractivity contribution in [3.05, 3.63) is 6.92 Å². The molecule has 0 aromatic carbocycles. The second-order valence-electron chi connectivity index (χ2n) is 3.40. The van der Waals surface area contributed by atoms with Gasteiger partial charge >= 0.3 is 0 Å². The lowest BCUT2D eigenvalue weighted by atomic mass is 9.89. The fourth-order valence-corrected chi connectivity index (χ4v) is 0.821. The smallest absolute Gasteiger partial charge is 0.0646 e. The molecule has 61 valence electrons. The van der Waals surface area contributed by atoms with Gasteiger partial charge in [-0.1, -0.05) is 26.7 Å². The molecule has 1 heteroatoms. The summed E-state index contributed by atoms with van der Waals surface area (Å²) in [6.07, 6.45) is 3.46. The van der Waals surface area contributed by atoms with E-state index in [4.69, 9.17) is 0 Å². The van der Waals surface area contributed by atoms with Crippen molar-refractivity contribution < 1.29 is 5.11 Å². The zero-order valence-electron chi connectivity index (χ0n) is 7.35. The van der Waals surface area contributed by atoms with Crippen molar-refractivity contribution in [2.24, 2.45) is 5.92 Å². The summed E-state index contributed by atoms with van der Waals surface area (Å²) >= 11 is 0. The van der Waals surface area contributed by atoms with Crippen LogP contribution in [0.2, 0.25) is 0 Å². The monoisotopic (exact) mass is 143 g/mol. The van der Waals surface area contributed by atoms with E-state index < -0.39 is 5.60 Å². The lowest BCUT2D eigenvalue weighted by molar-refractivity contribution is 0.0466. The van der Waals surface area contributed by atoms with Crippen molar-refractivity contribution >= 4 is 0 Å². The van der Waals surface area contributed by atoms with Crippen LogP contribution in [-0.4, -0.2) is 10.7 Å². The summed E-state index contributed by atoms with van der Waals surface area (Å²) in [6, 6.07) is 0. The molecule has 0 aromatic heterocycles. The first-order chi connectivity index (χ1) is 4.48. The predicted molar refractivity (Wildman–Crippen MR) is 44.7 cm³/mol. The highest BCUT2D eigenvalue weighted by molar-refractivity contribution is 4.80. The molecular weight excluding hydrogens is 124 g/mol. The van der Waals surface area contributed by atoms with Gasteiger partial charge in [0.1, 0.15) is 0 Å². The summed E-state index contributed by atoms with van der Waals surface area (Å²) in [6.45, 7) is 9.65. The molecule has 2 unspecified atom stereocenters. The third-order valence-electron chi connectivity index (χ3n) is 2.05. The molecule has 0 amide bonds. The Bertz CT molecular complexity index is 81.2. The molecule has 0 saturated heterocycles. The lowest BCUT2D eigenvalue weighted by Crippen LogP contribution is -2.28. The van der Waals surface area contributed by atoms with Gasteiger partial charge in [-0.25, -0.2) is 0 Å². The highest BCUT2D eigenvalue weighted by Crippen LogP contribution is 2.20. The minimum atomic E-state index is -0.741. The van der Waals surface area contributed by atoms with Crippen molar-refractivity contribution in [3.63, 3.8) is 0 Å². The highest BCUT2D eigenvalue weighted by atomic mass is 16.3. The van der Waals surface area contributed by atoms with Gasteiger partial charge < -0.3 is 5.11 Å². The second kappa shape index (κ2) is 3.97. The van der Waals surface area contributed by atoms with Crippen LogP contribution in [0, 0.1) is 12.8 Å². The minimum Gasteiger partial charge on any atom is -0.390 e. The molecule has 0 aromatic rings. The molecule has 1 nitrogen and oxygen atoms in total. The SMILES string of the molecule is [CH2]C(C)(O)C(C)CCCC. The molecule has 0 aliphatic rings. The van der Waals surface area contributed by atoms with Gasteiger partial charge in [-0.2, -0.15) is 0 Å². The maximum atomic E-state index is 9.40. The average Bonchev–Trinajstić information content (AvgIpc) is 1.80. The van der Waals surface area contributed by atoms with Gasteiger partial charge in [-0.05, 0) is 26.2 Å². The Hall–Kier alpha value is -0.0400. The van der Waals surface area contributed by atoms with E-state index in [1.807, 2.05) is 6.92 Å². The predicted octanol–water partition coefficient (Wildman–Crippen LogP) is 2.40. The van der Waals surface area contributed by atoms with Crippen LogP contribution in [-0.2, 0) is 0 Å². The number of hydrogen-bond donors (Lipinski definition) is 1. The summed E-state index contributed by atoms with van der Waals surface area (Å²) in [5.41, 5.74) is -0.741. The van der Waals surface area contributed by atoms with E-state index in [2.05, 4.69) is 13.8 Å². The molecule has 0 bridgehead atoms. The maximum Gasteiger partial charge on any atom is 0.0646 e. The standard InChI is InChI=1S/C9H19O/c1-5-6-7-8(2)9(3,4)10/h8,10H,3,5-7H2,1-2,4H3. The van der Waals surface area contributed by atoms with Crippen molar-refractivity contribution in [3.8, 4) is 0 Å². The van der Waals surface area contributed by atoms with E-state index >= 15 is 0 Å². The second-order valence-corrected chi connectivity index (χ2v) is 3.40. The molecule has 0 aliphatic heterocycles. The maximum absolute atomic E-state index is 9.40. The van der Waals surface area contributed by atoms with Crippen LogP contribution < -0.4 is 0 Å². The van der Waals surface area contributed by atoms with Crippen LogP contribution in [0.15, 0.2) is 0 Å².